The van der Waals surface area contributed by atoms with Gasteiger partial charge in [-0.15, -0.1) is 0 Å². The van der Waals surface area contributed by atoms with E-state index in [0.29, 0.717) is 13.0 Å². The van der Waals surface area contributed by atoms with Gasteiger partial charge < -0.3 is 10.2 Å². The predicted molar refractivity (Wildman–Crippen MR) is 91.6 cm³/mol. The highest BCUT2D eigenvalue weighted by Gasteiger charge is 2.22. The minimum absolute atomic E-state index is 0.196. The molecule has 130 valence electrons. The highest BCUT2D eigenvalue weighted by Crippen LogP contribution is 2.10. The van der Waals surface area contributed by atoms with Crippen LogP contribution < -0.4 is 14.9 Å². The lowest BCUT2D eigenvalue weighted by molar-refractivity contribution is -0.123. The summed E-state index contributed by atoms with van der Waals surface area (Å²) in [5.41, 5.74) is 0.903. The molecule has 0 bridgehead atoms. The molecule has 0 spiro atoms. The molecule has 0 fully saturated rings. The van der Waals surface area contributed by atoms with Crippen molar-refractivity contribution in [1.29, 1.82) is 0 Å². The maximum absolute atomic E-state index is 12.3. The zero-order valence-electron chi connectivity index (χ0n) is 14.3. The van der Waals surface area contributed by atoms with E-state index >= 15 is 0 Å². The van der Waals surface area contributed by atoms with Crippen molar-refractivity contribution in [2.75, 3.05) is 25.3 Å². The van der Waals surface area contributed by atoms with Crippen LogP contribution in [0.3, 0.4) is 0 Å². The van der Waals surface area contributed by atoms with Gasteiger partial charge in [0.1, 0.15) is 11.9 Å². The van der Waals surface area contributed by atoms with Gasteiger partial charge >= 0.3 is 0 Å². The van der Waals surface area contributed by atoms with E-state index in [0.717, 1.165) is 17.6 Å². The number of sulfonamides is 1. The van der Waals surface area contributed by atoms with Crippen LogP contribution in [0.1, 0.15) is 25.8 Å². The summed E-state index contributed by atoms with van der Waals surface area (Å²) >= 11 is 0. The van der Waals surface area contributed by atoms with Crippen molar-refractivity contribution in [3.05, 3.63) is 23.9 Å². The summed E-state index contributed by atoms with van der Waals surface area (Å²) in [5.74, 6) is 0.665. The van der Waals surface area contributed by atoms with Crippen LogP contribution in [-0.4, -0.2) is 45.7 Å². The first-order valence-electron chi connectivity index (χ1n) is 7.45. The molecule has 0 aliphatic heterocycles. The van der Waals surface area contributed by atoms with Crippen molar-refractivity contribution in [2.45, 2.75) is 32.9 Å². The Bertz CT molecular complexity index is 629. The van der Waals surface area contributed by atoms with E-state index in [1.807, 2.05) is 45.0 Å². The molecular weight excluding hydrogens is 316 g/mol. The number of nitrogens with one attached hydrogen (secondary N) is 2. The first-order valence-corrected chi connectivity index (χ1v) is 9.35. The number of amides is 1. The summed E-state index contributed by atoms with van der Waals surface area (Å²) in [5, 5.41) is 2.78. The Morgan fingerprint density at radius 1 is 1.35 bits per heavy atom. The van der Waals surface area contributed by atoms with Gasteiger partial charge in [0.15, 0.2) is 0 Å². The third-order valence-corrected chi connectivity index (χ3v) is 3.83. The topological polar surface area (TPSA) is 91.4 Å². The Hall–Kier alpha value is -1.67. The Balaban J connectivity index is 2.73. The smallest absolute Gasteiger partial charge is 0.238 e. The summed E-state index contributed by atoms with van der Waals surface area (Å²) in [7, 11) is 0.334. The van der Waals surface area contributed by atoms with Crippen molar-refractivity contribution < 1.29 is 13.2 Å². The molecule has 0 aliphatic rings. The molecule has 23 heavy (non-hydrogen) atoms. The van der Waals surface area contributed by atoms with Crippen LogP contribution in [0.4, 0.5) is 5.82 Å². The van der Waals surface area contributed by atoms with Gasteiger partial charge in [-0.2, -0.15) is 0 Å². The van der Waals surface area contributed by atoms with E-state index in [4.69, 9.17) is 0 Å². The molecule has 8 heteroatoms. The molecule has 1 atom stereocenters. The fourth-order valence-corrected chi connectivity index (χ4v) is 2.79. The van der Waals surface area contributed by atoms with Crippen LogP contribution in [0.15, 0.2) is 18.3 Å². The number of nitrogens with zero attached hydrogens (tertiary/aromatic N) is 2. The van der Waals surface area contributed by atoms with Crippen molar-refractivity contribution >= 4 is 21.7 Å². The van der Waals surface area contributed by atoms with Gasteiger partial charge in [-0.25, -0.2) is 18.1 Å². The van der Waals surface area contributed by atoms with Crippen LogP contribution >= 0.6 is 0 Å². The Kier molecular flexibility index (Phi) is 6.96. The second-order valence-electron chi connectivity index (χ2n) is 6.21. The third-order valence-electron chi connectivity index (χ3n) is 3.11. The highest BCUT2D eigenvalue weighted by molar-refractivity contribution is 7.88. The Morgan fingerprint density at radius 3 is 2.52 bits per heavy atom. The van der Waals surface area contributed by atoms with Crippen LogP contribution in [-0.2, 0) is 21.4 Å². The Labute approximate surface area is 138 Å². The average Bonchev–Trinajstić information content (AvgIpc) is 2.42. The number of hydrogen-bond donors (Lipinski definition) is 2. The maximum Gasteiger partial charge on any atom is 0.238 e. The lowest BCUT2D eigenvalue weighted by Gasteiger charge is -2.19. The standard InChI is InChI=1S/C15H26N4O3S/c1-11(2)8-13(18-23(5,21)22)15(20)17-10-12-6-7-16-14(9-12)19(3)4/h6-7,9,11,13,18H,8,10H2,1-5H3,(H,17,20). The zero-order chi connectivity index (χ0) is 17.6. The molecule has 1 heterocycles. The van der Waals surface area contributed by atoms with E-state index in [9.17, 15) is 13.2 Å². The summed E-state index contributed by atoms with van der Waals surface area (Å²) in [6, 6.07) is 2.93. The monoisotopic (exact) mass is 342 g/mol. The molecule has 1 rings (SSSR count). The molecular formula is C15H26N4O3S. The molecule has 7 nitrogen and oxygen atoms in total. The lowest BCUT2D eigenvalue weighted by Crippen LogP contribution is -2.46. The molecule has 0 aromatic carbocycles. The minimum Gasteiger partial charge on any atom is -0.363 e. The van der Waals surface area contributed by atoms with Gasteiger partial charge in [0.05, 0.1) is 6.26 Å². The number of aromatic nitrogens is 1. The largest absolute Gasteiger partial charge is 0.363 e. The summed E-state index contributed by atoms with van der Waals surface area (Å²) < 4.78 is 25.2. The fourth-order valence-electron chi connectivity index (χ4n) is 2.07. The van der Waals surface area contributed by atoms with Crippen LogP contribution in [0, 0.1) is 5.92 Å². The van der Waals surface area contributed by atoms with E-state index in [2.05, 4.69) is 15.0 Å². The number of pyridine rings is 1. The number of carbonyl (C=O) groups excluding carboxylic acids is 1. The quantitative estimate of drug-likeness (QED) is 0.727. The highest BCUT2D eigenvalue weighted by atomic mass is 32.2. The molecule has 1 amide bonds. The third kappa shape index (κ3) is 7.43. The van der Waals surface area contributed by atoms with Gasteiger partial charge in [-0.05, 0) is 30.0 Å². The number of carbonyl (C=O) groups is 1. The predicted octanol–water partition coefficient (Wildman–Crippen LogP) is 0.728. The number of anilines is 1. The Morgan fingerprint density at radius 2 is 2.00 bits per heavy atom. The van der Waals surface area contributed by atoms with Gasteiger partial charge in [-0.1, -0.05) is 13.8 Å². The van der Waals surface area contributed by atoms with E-state index in [-0.39, 0.29) is 11.8 Å². The normalized spacial score (nSPS) is 13.0. The van der Waals surface area contributed by atoms with Gasteiger partial charge in [0.25, 0.3) is 0 Å². The first-order chi connectivity index (χ1) is 10.6. The molecule has 0 radical (unpaired) electrons. The first kappa shape index (κ1) is 19.4. The summed E-state index contributed by atoms with van der Waals surface area (Å²) in [4.78, 5) is 18.4. The molecule has 1 aromatic rings. The minimum atomic E-state index is -3.44. The SMILES string of the molecule is CC(C)CC(NS(C)(=O)=O)C(=O)NCc1ccnc(N(C)C)c1. The van der Waals surface area contributed by atoms with Crippen molar-refractivity contribution in [3.63, 3.8) is 0 Å². The molecule has 0 aliphatic carbocycles. The number of hydrogen-bond acceptors (Lipinski definition) is 5. The molecule has 2 N–H and O–H groups in total. The van der Waals surface area contributed by atoms with Crippen LogP contribution in [0.25, 0.3) is 0 Å². The lowest BCUT2D eigenvalue weighted by atomic mass is 10.0. The van der Waals surface area contributed by atoms with Crippen molar-refractivity contribution in [3.8, 4) is 0 Å². The zero-order valence-corrected chi connectivity index (χ0v) is 15.1. The van der Waals surface area contributed by atoms with Crippen molar-refractivity contribution in [1.82, 2.24) is 15.0 Å². The number of rotatable bonds is 8. The summed E-state index contributed by atoms with van der Waals surface area (Å²) in [6.07, 6.45) is 3.18. The van der Waals surface area contributed by atoms with Gasteiger partial charge in [0.2, 0.25) is 15.9 Å². The summed E-state index contributed by atoms with van der Waals surface area (Å²) in [6.45, 7) is 4.20. The van der Waals surface area contributed by atoms with Crippen LogP contribution in [0.2, 0.25) is 0 Å². The van der Waals surface area contributed by atoms with Crippen LogP contribution in [0.5, 0.6) is 0 Å². The second kappa shape index (κ2) is 8.26. The van der Waals surface area contributed by atoms with E-state index in [1.54, 1.807) is 6.20 Å². The average molecular weight is 342 g/mol. The molecule has 0 saturated carbocycles. The molecule has 0 saturated heterocycles. The molecule has 1 aromatic heterocycles. The molecule has 1 unspecified atom stereocenters. The second-order valence-corrected chi connectivity index (χ2v) is 7.99. The van der Waals surface area contributed by atoms with Gasteiger partial charge in [0, 0.05) is 26.8 Å². The fraction of sp³-hybridized carbons (Fsp3) is 0.600. The van der Waals surface area contributed by atoms with Crippen molar-refractivity contribution in [2.24, 2.45) is 5.92 Å². The van der Waals surface area contributed by atoms with E-state index < -0.39 is 16.1 Å². The van der Waals surface area contributed by atoms with Gasteiger partial charge in [-0.3, -0.25) is 4.79 Å². The maximum atomic E-state index is 12.3. The van der Waals surface area contributed by atoms with E-state index in [1.165, 1.54) is 0 Å².